The molecule has 162 valence electrons. The number of fused-ring (bicyclic) bond motifs is 2. The quantitative estimate of drug-likeness (QED) is 0.366. The van der Waals surface area contributed by atoms with Gasteiger partial charge in [-0.3, -0.25) is 19.1 Å². The van der Waals surface area contributed by atoms with Gasteiger partial charge in [-0.2, -0.15) is 0 Å². The minimum Gasteiger partial charge on any atom is -0.325 e. The van der Waals surface area contributed by atoms with Crippen LogP contribution in [0.15, 0.2) is 59.9 Å². The van der Waals surface area contributed by atoms with E-state index in [4.69, 9.17) is 16.6 Å². The Morgan fingerprint density at radius 2 is 1.69 bits per heavy atom. The second kappa shape index (κ2) is 8.20. The van der Waals surface area contributed by atoms with Crippen molar-refractivity contribution in [2.45, 2.75) is 33.4 Å². The van der Waals surface area contributed by atoms with Gasteiger partial charge in [0.15, 0.2) is 5.65 Å². The monoisotopic (exact) mass is 447 g/mol. The molecule has 5 aromatic rings. The molecule has 0 radical (unpaired) electrons. The maximum atomic E-state index is 13.5. The van der Waals surface area contributed by atoms with Crippen LogP contribution in [0.3, 0.4) is 0 Å². The SMILES string of the molecule is CC(C)CCn1c(Cn2c(=O)n(-c3ccncc3)c3ccncc32)nc2nc(Cl)ccc21. The van der Waals surface area contributed by atoms with E-state index in [1.807, 2.05) is 24.3 Å². The Bertz CT molecular complexity index is 1470. The molecule has 0 bridgehead atoms. The van der Waals surface area contributed by atoms with E-state index in [0.717, 1.165) is 41.0 Å². The molecule has 0 atom stereocenters. The van der Waals surface area contributed by atoms with Gasteiger partial charge >= 0.3 is 5.69 Å². The molecule has 0 saturated carbocycles. The molecule has 5 rings (SSSR count). The Balaban J connectivity index is 1.68. The fraction of sp³-hybridized carbons (Fsp3) is 0.261. The first-order chi connectivity index (χ1) is 15.5. The second-order valence-electron chi connectivity index (χ2n) is 8.11. The summed E-state index contributed by atoms with van der Waals surface area (Å²) < 4.78 is 5.52. The third-order valence-electron chi connectivity index (χ3n) is 5.54. The molecule has 0 saturated heterocycles. The predicted molar refractivity (Wildman–Crippen MR) is 124 cm³/mol. The second-order valence-corrected chi connectivity index (χ2v) is 8.50. The molecule has 0 spiro atoms. The zero-order chi connectivity index (χ0) is 22.2. The summed E-state index contributed by atoms with van der Waals surface area (Å²) in [5.74, 6) is 1.29. The van der Waals surface area contributed by atoms with Crippen LogP contribution in [0.2, 0.25) is 5.15 Å². The lowest BCUT2D eigenvalue weighted by Crippen LogP contribution is -2.25. The van der Waals surface area contributed by atoms with Gasteiger partial charge in [-0.05, 0) is 42.7 Å². The smallest absolute Gasteiger partial charge is 0.325 e. The molecule has 0 aliphatic rings. The number of rotatable bonds is 6. The average Bonchev–Trinajstić information content (AvgIpc) is 3.27. The van der Waals surface area contributed by atoms with Gasteiger partial charge in [0, 0.05) is 25.1 Å². The summed E-state index contributed by atoms with van der Waals surface area (Å²) in [6.07, 6.45) is 7.73. The summed E-state index contributed by atoms with van der Waals surface area (Å²) in [6.45, 7) is 5.45. The van der Waals surface area contributed by atoms with E-state index in [1.165, 1.54) is 0 Å². The van der Waals surface area contributed by atoms with Gasteiger partial charge in [0.25, 0.3) is 0 Å². The van der Waals surface area contributed by atoms with Gasteiger partial charge in [-0.15, -0.1) is 0 Å². The number of hydrogen-bond acceptors (Lipinski definition) is 5. The number of aryl methyl sites for hydroxylation is 1. The fourth-order valence-electron chi connectivity index (χ4n) is 3.93. The molecule has 0 aromatic carbocycles. The molecule has 0 fully saturated rings. The Labute approximate surface area is 189 Å². The van der Waals surface area contributed by atoms with Crippen molar-refractivity contribution >= 4 is 33.8 Å². The van der Waals surface area contributed by atoms with E-state index >= 15 is 0 Å². The molecule has 0 unspecified atom stereocenters. The van der Waals surface area contributed by atoms with Gasteiger partial charge in [0.05, 0.1) is 35.0 Å². The van der Waals surface area contributed by atoms with E-state index in [2.05, 4.69) is 33.4 Å². The van der Waals surface area contributed by atoms with Crippen molar-refractivity contribution in [2.75, 3.05) is 0 Å². The molecule has 0 aliphatic heterocycles. The number of pyridine rings is 3. The van der Waals surface area contributed by atoms with Crippen LogP contribution in [0.1, 0.15) is 26.1 Å². The molecule has 5 aromatic heterocycles. The normalized spacial score (nSPS) is 11.8. The third kappa shape index (κ3) is 3.56. The topological polar surface area (TPSA) is 83.4 Å². The number of nitrogens with zero attached hydrogens (tertiary/aromatic N) is 7. The van der Waals surface area contributed by atoms with Crippen LogP contribution in [0.5, 0.6) is 0 Å². The first-order valence-corrected chi connectivity index (χ1v) is 10.9. The van der Waals surface area contributed by atoms with E-state index in [9.17, 15) is 4.79 Å². The lowest BCUT2D eigenvalue weighted by molar-refractivity contribution is 0.507. The van der Waals surface area contributed by atoms with E-state index < -0.39 is 0 Å². The van der Waals surface area contributed by atoms with Crippen molar-refractivity contribution in [1.29, 1.82) is 0 Å². The first kappa shape index (κ1) is 20.4. The van der Waals surface area contributed by atoms with Crippen LogP contribution in [0, 0.1) is 5.92 Å². The molecule has 9 heteroatoms. The highest BCUT2D eigenvalue weighted by atomic mass is 35.5. The van der Waals surface area contributed by atoms with E-state index in [0.29, 0.717) is 23.3 Å². The van der Waals surface area contributed by atoms with Crippen molar-refractivity contribution in [2.24, 2.45) is 5.92 Å². The van der Waals surface area contributed by atoms with E-state index in [-0.39, 0.29) is 5.69 Å². The molecule has 5 heterocycles. The maximum Gasteiger partial charge on any atom is 0.334 e. The van der Waals surface area contributed by atoms with Crippen molar-refractivity contribution < 1.29 is 0 Å². The molecule has 0 amide bonds. The Kier molecular flexibility index (Phi) is 5.22. The van der Waals surface area contributed by atoms with Crippen LogP contribution >= 0.6 is 11.6 Å². The van der Waals surface area contributed by atoms with Crippen molar-refractivity contribution in [3.8, 4) is 5.69 Å². The van der Waals surface area contributed by atoms with Crippen LogP contribution in [0.25, 0.3) is 27.9 Å². The third-order valence-corrected chi connectivity index (χ3v) is 5.75. The Morgan fingerprint density at radius 1 is 0.906 bits per heavy atom. The number of imidazole rings is 2. The Morgan fingerprint density at radius 3 is 2.47 bits per heavy atom. The lowest BCUT2D eigenvalue weighted by Gasteiger charge is -2.11. The molecular weight excluding hydrogens is 426 g/mol. The molecule has 0 aliphatic carbocycles. The number of aromatic nitrogens is 7. The highest BCUT2D eigenvalue weighted by Gasteiger charge is 2.19. The molecule has 8 nitrogen and oxygen atoms in total. The summed E-state index contributed by atoms with van der Waals surface area (Å²) in [6, 6.07) is 9.18. The van der Waals surface area contributed by atoms with Gasteiger partial charge in [0.1, 0.15) is 11.0 Å². The zero-order valence-electron chi connectivity index (χ0n) is 17.8. The van der Waals surface area contributed by atoms with Crippen molar-refractivity contribution in [3.05, 3.63) is 76.6 Å². The van der Waals surface area contributed by atoms with Crippen LogP contribution in [0.4, 0.5) is 0 Å². The van der Waals surface area contributed by atoms with Crippen LogP contribution < -0.4 is 5.69 Å². The minimum absolute atomic E-state index is 0.160. The van der Waals surface area contributed by atoms with Gasteiger partial charge in [0.2, 0.25) is 0 Å². The highest BCUT2D eigenvalue weighted by Crippen LogP contribution is 2.22. The fourth-order valence-corrected chi connectivity index (χ4v) is 4.07. The summed E-state index contributed by atoms with van der Waals surface area (Å²) in [4.78, 5) is 31.0. The van der Waals surface area contributed by atoms with Crippen LogP contribution in [-0.4, -0.2) is 33.6 Å². The van der Waals surface area contributed by atoms with Crippen molar-refractivity contribution in [1.82, 2.24) is 33.6 Å². The number of halogens is 1. The molecule has 0 N–H and O–H groups in total. The summed E-state index contributed by atoms with van der Waals surface area (Å²) >= 11 is 6.11. The van der Waals surface area contributed by atoms with Crippen molar-refractivity contribution in [3.63, 3.8) is 0 Å². The first-order valence-electron chi connectivity index (χ1n) is 10.5. The van der Waals surface area contributed by atoms with Crippen LogP contribution in [-0.2, 0) is 13.1 Å². The standard InChI is InChI=1S/C23H22ClN7O/c1-15(2)8-12-29-18-3-4-20(24)27-22(18)28-21(29)14-30-19-13-26-11-7-17(19)31(23(30)32)16-5-9-25-10-6-16/h3-7,9-11,13,15H,8,12,14H2,1-2H3. The maximum absolute atomic E-state index is 13.5. The summed E-state index contributed by atoms with van der Waals surface area (Å²) in [5, 5.41) is 0.396. The zero-order valence-corrected chi connectivity index (χ0v) is 18.6. The highest BCUT2D eigenvalue weighted by molar-refractivity contribution is 6.29. The lowest BCUT2D eigenvalue weighted by atomic mass is 10.1. The molecular formula is C23H22ClN7O. The predicted octanol–water partition coefficient (Wildman–Crippen LogP) is 4.07. The van der Waals surface area contributed by atoms with Gasteiger partial charge in [-0.25, -0.2) is 14.8 Å². The summed E-state index contributed by atoms with van der Waals surface area (Å²) in [5.41, 5.74) is 3.61. The minimum atomic E-state index is -0.160. The van der Waals surface area contributed by atoms with E-state index in [1.54, 1.807) is 40.0 Å². The van der Waals surface area contributed by atoms with Gasteiger partial charge in [-0.1, -0.05) is 25.4 Å². The molecule has 32 heavy (non-hydrogen) atoms. The summed E-state index contributed by atoms with van der Waals surface area (Å²) in [7, 11) is 0. The number of hydrogen-bond donors (Lipinski definition) is 0. The average molecular weight is 448 g/mol. The van der Waals surface area contributed by atoms with Gasteiger partial charge < -0.3 is 4.57 Å². The largest absolute Gasteiger partial charge is 0.334 e. The Hall–Kier alpha value is -3.52.